The third-order valence-corrected chi connectivity index (χ3v) is 13.1. The second-order valence-electron chi connectivity index (χ2n) is 8.96. The molecule has 0 fully saturated rings. The fourth-order valence-electron chi connectivity index (χ4n) is 4.24. The van der Waals surface area contributed by atoms with Crippen molar-refractivity contribution in [2.45, 2.75) is 89.6 Å². The number of methoxy groups -OCH3 is 2. The molecular weight excluding hydrogens is 500 g/mol. The summed E-state index contributed by atoms with van der Waals surface area (Å²) in [7, 11) is -3.16. The molecule has 0 heterocycles. The third kappa shape index (κ3) is 7.92. The molecule has 0 aliphatic carbocycles. The van der Waals surface area contributed by atoms with Crippen molar-refractivity contribution in [3.63, 3.8) is 0 Å². The lowest BCUT2D eigenvalue weighted by Gasteiger charge is -2.34. The molecule has 12 heteroatoms. The number of hydrogen-bond donors (Lipinski definition) is 3. The largest absolute Gasteiger partial charge is 0.496 e. The lowest BCUT2D eigenvalue weighted by atomic mass is 10.1. The topological polar surface area (TPSA) is 155 Å². The van der Waals surface area contributed by atoms with E-state index in [-0.39, 0.29) is 17.4 Å². The van der Waals surface area contributed by atoms with Crippen molar-refractivity contribution in [3.05, 3.63) is 22.8 Å². The lowest BCUT2D eigenvalue weighted by Crippen LogP contribution is -2.51. The van der Waals surface area contributed by atoms with Crippen molar-refractivity contribution in [1.82, 2.24) is 4.72 Å². The summed E-state index contributed by atoms with van der Waals surface area (Å²) < 4.78 is 44.9. The van der Waals surface area contributed by atoms with Gasteiger partial charge in [-0.05, 0) is 74.5 Å². The van der Waals surface area contributed by atoms with Crippen molar-refractivity contribution >= 4 is 30.3 Å². The SMILES string of the molecule is CC[Si](CC)(CC)OC(C(=O)OC)[C@@H](N)CCCN=C(N)NS(=O)(=O)c1c(C)cc(OC)c(C)c1C. The Balaban J connectivity index is 2.87. The molecule has 0 aliphatic rings. The predicted molar refractivity (Wildman–Crippen MR) is 145 cm³/mol. The van der Waals surface area contributed by atoms with E-state index in [9.17, 15) is 13.2 Å². The predicted octanol–water partition coefficient (Wildman–Crippen LogP) is 2.88. The Bertz CT molecular complexity index is 1020. The Morgan fingerprint density at radius 1 is 1.11 bits per heavy atom. The number of aliphatic imine (C=N–C) groups is 1. The summed E-state index contributed by atoms with van der Waals surface area (Å²) in [6.07, 6.45) is 0.0745. The summed E-state index contributed by atoms with van der Waals surface area (Å²) in [4.78, 5) is 16.7. The first kappa shape index (κ1) is 31.9. The van der Waals surface area contributed by atoms with Crippen LogP contribution < -0.4 is 20.9 Å². The van der Waals surface area contributed by atoms with Crippen molar-refractivity contribution in [3.8, 4) is 5.75 Å². The molecule has 1 rings (SSSR count). The van der Waals surface area contributed by atoms with Crippen LogP contribution in [0.2, 0.25) is 18.1 Å². The summed E-state index contributed by atoms with van der Waals surface area (Å²) in [6, 6.07) is 3.75. The van der Waals surface area contributed by atoms with Gasteiger partial charge in [-0.2, -0.15) is 0 Å². The Hall–Kier alpha value is -2.15. The number of aryl methyl sites for hydroxylation is 1. The van der Waals surface area contributed by atoms with Crippen LogP contribution in [0.3, 0.4) is 0 Å². The Morgan fingerprint density at radius 2 is 1.69 bits per heavy atom. The van der Waals surface area contributed by atoms with Crippen molar-refractivity contribution < 1.29 is 27.1 Å². The third-order valence-electron chi connectivity index (χ3n) is 6.82. The molecule has 36 heavy (non-hydrogen) atoms. The van der Waals surface area contributed by atoms with Gasteiger partial charge in [0.25, 0.3) is 10.0 Å². The van der Waals surface area contributed by atoms with Crippen LogP contribution in [0.4, 0.5) is 0 Å². The summed E-state index contributed by atoms with van der Waals surface area (Å²) in [5.41, 5.74) is 14.1. The number of rotatable bonds is 14. The van der Waals surface area contributed by atoms with Crippen molar-refractivity contribution in [2.24, 2.45) is 16.5 Å². The van der Waals surface area contributed by atoms with E-state index in [4.69, 9.17) is 25.4 Å². The number of hydrogen-bond acceptors (Lipinski definition) is 8. The van der Waals surface area contributed by atoms with E-state index in [1.165, 1.54) is 7.11 Å². The minimum Gasteiger partial charge on any atom is -0.496 e. The van der Waals surface area contributed by atoms with Gasteiger partial charge in [0.2, 0.25) is 5.96 Å². The number of nitrogens with two attached hydrogens (primary N) is 2. The lowest BCUT2D eigenvalue weighted by molar-refractivity contribution is -0.150. The number of esters is 1. The number of carbonyl (C=O) groups excluding carboxylic acids is 1. The van der Waals surface area contributed by atoms with Gasteiger partial charge in [-0.3, -0.25) is 4.99 Å². The summed E-state index contributed by atoms with van der Waals surface area (Å²) in [5.74, 6) is -0.0788. The van der Waals surface area contributed by atoms with E-state index >= 15 is 0 Å². The molecule has 0 aliphatic heterocycles. The van der Waals surface area contributed by atoms with Crippen LogP contribution >= 0.6 is 0 Å². The van der Waals surface area contributed by atoms with E-state index in [0.717, 1.165) is 23.7 Å². The number of ether oxygens (including phenoxy) is 2. The van der Waals surface area contributed by atoms with Gasteiger partial charge in [0, 0.05) is 12.6 Å². The first-order chi connectivity index (χ1) is 16.8. The first-order valence-corrected chi connectivity index (χ1v) is 16.3. The molecule has 10 nitrogen and oxygen atoms in total. The molecule has 5 N–H and O–H groups in total. The van der Waals surface area contributed by atoms with Gasteiger partial charge < -0.3 is 25.4 Å². The van der Waals surface area contributed by atoms with Gasteiger partial charge in [0.05, 0.1) is 19.1 Å². The average molecular weight is 545 g/mol. The number of benzene rings is 1. The van der Waals surface area contributed by atoms with Crippen molar-refractivity contribution in [2.75, 3.05) is 20.8 Å². The molecule has 2 atom stereocenters. The summed E-state index contributed by atoms with van der Waals surface area (Å²) in [5, 5.41) is 0. The summed E-state index contributed by atoms with van der Waals surface area (Å²) >= 11 is 0. The van der Waals surface area contributed by atoms with Gasteiger partial charge in [-0.25, -0.2) is 17.9 Å². The van der Waals surface area contributed by atoms with Crippen LogP contribution in [0.15, 0.2) is 16.0 Å². The molecule has 0 spiro atoms. The van der Waals surface area contributed by atoms with Gasteiger partial charge >= 0.3 is 5.97 Å². The standard InChI is InChI=1S/C24H44N4O6SSi/c1-9-36(10-2,11-3)34-21(23(29)33-8)19(25)13-12-14-27-24(26)28-35(30,31)22-16(4)15-20(32-7)17(5)18(22)6/h15,19,21H,9-14,25H2,1-8H3,(H3,26,27,28)/t19-,21?/m0/s1. The average Bonchev–Trinajstić information content (AvgIpc) is 2.84. The first-order valence-electron chi connectivity index (χ1n) is 12.3. The van der Waals surface area contributed by atoms with Crippen LogP contribution in [0, 0.1) is 20.8 Å². The quantitative estimate of drug-likeness (QED) is 0.106. The number of sulfonamides is 1. The highest BCUT2D eigenvalue weighted by atomic mass is 32.2. The van der Waals surface area contributed by atoms with Crippen LogP contribution in [-0.2, 0) is 24.0 Å². The highest BCUT2D eigenvalue weighted by Gasteiger charge is 2.38. The minimum absolute atomic E-state index is 0.148. The zero-order chi connectivity index (χ0) is 27.7. The van der Waals surface area contributed by atoms with Crippen LogP contribution in [-0.4, -0.2) is 61.6 Å². The Morgan fingerprint density at radius 3 is 2.19 bits per heavy atom. The zero-order valence-electron chi connectivity index (χ0n) is 22.9. The minimum atomic E-state index is -3.94. The molecule has 0 saturated carbocycles. The molecule has 206 valence electrons. The van der Waals surface area contributed by atoms with Crippen LogP contribution in [0.25, 0.3) is 0 Å². The monoisotopic (exact) mass is 544 g/mol. The number of carbonyl (C=O) groups is 1. The van der Waals surface area contributed by atoms with Gasteiger partial charge in [-0.1, -0.05) is 20.8 Å². The second kappa shape index (κ2) is 14.0. The van der Waals surface area contributed by atoms with E-state index in [0.29, 0.717) is 29.7 Å². The maximum Gasteiger partial charge on any atom is 0.335 e. The van der Waals surface area contributed by atoms with E-state index in [1.807, 2.05) is 0 Å². The Kier molecular flexibility index (Phi) is 12.4. The highest BCUT2D eigenvalue weighted by molar-refractivity contribution is 7.90. The molecule has 0 radical (unpaired) electrons. The summed E-state index contributed by atoms with van der Waals surface area (Å²) in [6.45, 7) is 11.7. The molecule has 1 aromatic carbocycles. The van der Waals surface area contributed by atoms with Gasteiger partial charge in [0.15, 0.2) is 14.4 Å². The number of nitrogens with one attached hydrogen (secondary N) is 1. The molecule has 0 bridgehead atoms. The fraction of sp³-hybridized carbons (Fsp3) is 0.667. The molecular formula is C24H44N4O6SSi. The van der Waals surface area contributed by atoms with Gasteiger partial charge in [0.1, 0.15) is 5.75 Å². The molecule has 1 aromatic rings. The molecule has 0 aromatic heterocycles. The van der Waals surface area contributed by atoms with E-state index in [1.54, 1.807) is 33.9 Å². The van der Waals surface area contributed by atoms with Crippen LogP contribution in [0.5, 0.6) is 5.75 Å². The smallest absolute Gasteiger partial charge is 0.335 e. The highest BCUT2D eigenvalue weighted by Crippen LogP contribution is 2.30. The number of guanidine groups is 1. The number of nitrogens with zero attached hydrogens (tertiary/aromatic N) is 1. The fourth-order valence-corrected chi connectivity index (χ4v) is 8.53. The van der Waals surface area contributed by atoms with Crippen LogP contribution in [0.1, 0.15) is 50.3 Å². The van der Waals surface area contributed by atoms with Crippen molar-refractivity contribution in [1.29, 1.82) is 0 Å². The normalized spacial score (nSPS) is 14.3. The molecule has 0 saturated heterocycles. The zero-order valence-corrected chi connectivity index (χ0v) is 24.8. The maximum absolute atomic E-state index is 13.0. The van der Waals surface area contributed by atoms with E-state index < -0.39 is 36.5 Å². The van der Waals surface area contributed by atoms with E-state index in [2.05, 4.69) is 30.5 Å². The molecule has 1 unspecified atom stereocenters. The molecule has 0 amide bonds. The maximum atomic E-state index is 13.0. The Labute approximate surface area is 217 Å². The van der Waals surface area contributed by atoms with Gasteiger partial charge in [-0.15, -0.1) is 0 Å². The second-order valence-corrected chi connectivity index (χ2v) is 15.3.